The molecule has 3 N–H and O–H groups in total. The van der Waals surface area contributed by atoms with E-state index in [-0.39, 0.29) is 6.10 Å². The Bertz CT molecular complexity index is 229. The molecule has 1 aliphatic rings. The topological polar surface area (TPSA) is 61.7 Å². The van der Waals surface area contributed by atoms with Gasteiger partial charge in [0.05, 0.1) is 24.4 Å². The Kier molecular flexibility index (Phi) is 6.57. The molecule has 0 heterocycles. The van der Waals surface area contributed by atoms with Crippen LogP contribution in [0.4, 0.5) is 0 Å². The zero-order valence-electron chi connectivity index (χ0n) is 12.0. The number of aliphatic hydroxyl groups is 2. The van der Waals surface area contributed by atoms with Gasteiger partial charge in [-0.1, -0.05) is 13.8 Å². The van der Waals surface area contributed by atoms with Crippen LogP contribution in [0.25, 0.3) is 0 Å². The number of nitrogens with one attached hydrogen (secondary N) is 1. The summed E-state index contributed by atoms with van der Waals surface area (Å²) in [7, 11) is 0. The van der Waals surface area contributed by atoms with Crippen LogP contribution in [0.2, 0.25) is 0 Å². The van der Waals surface area contributed by atoms with E-state index in [0.29, 0.717) is 25.6 Å². The molecule has 0 aliphatic heterocycles. The van der Waals surface area contributed by atoms with Crippen molar-refractivity contribution in [3.05, 3.63) is 0 Å². The first-order valence-electron chi connectivity index (χ1n) is 7.14. The highest BCUT2D eigenvalue weighted by atomic mass is 16.5. The van der Waals surface area contributed by atoms with Crippen LogP contribution >= 0.6 is 0 Å². The van der Waals surface area contributed by atoms with Crippen molar-refractivity contribution in [1.82, 2.24) is 5.32 Å². The molecule has 2 atom stereocenters. The number of hydrogen-bond donors (Lipinski definition) is 3. The van der Waals surface area contributed by atoms with Crippen molar-refractivity contribution in [2.75, 3.05) is 19.7 Å². The van der Waals surface area contributed by atoms with E-state index in [2.05, 4.69) is 19.2 Å². The van der Waals surface area contributed by atoms with Gasteiger partial charge in [0, 0.05) is 13.1 Å². The molecule has 0 aromatic heterocycles. The number of rotatable bonds is 9. The predicted octanol–water partition coefficient (Wildman–Crippen LogP) is 1.30. The van der Waals surface area contributed by atoms with E-state index in [4.69, 9.17) is 4.74 Å². The summed E-state index contributed by atoms with van der Waals surface area (Å²) in [6, 6.07) is 0. The van der Waals surface area contributed by atoms with E-state index >= 15 is 0 Å². The monoisotopic (exact) mass is 259 g/mol. The lowest BCUT2D eigenvalue weighted by atomic mass is 9.80. The SMILES string of the molecule is CC(C)CC(C)OCC(O)CNCC1(O)CCC1. The minimum absolute atomic E-state index is 0.190. The van der Waals surface area contributed by atoms with Crippen molar-refractivity contribution in [2.24, 2.45) is 5.92 Å². The first-order valence-corrected chi connectivity index (χ1v) is 7.14. The lowest BCUT2D eigenvalue weighted by Crippen LogP contribution is -2.48. The molecular weight excluding hydrogens is 230 g/mol. The summed E-state index contributed by atoms with van der Waals surface area (Å²) < 4.78 is 5.59. The Morgan fingerprint density at radius 3 is 2.44 bits per heavy atom. The van der Waals surface area contributed by atoms with Gasteiger partial charge in [-0.05, 0) is 38.5 Å². The maximum atomic E-state index is 9.86. The Morgan fingerprint density at radius 1 is 1.28 bits per heavy atom. The molecule has 1 saturated carbocycles. The van der Waals surface area contributed by atoms with E-state index in [1.165, 1.54) is 0 Å². The van der Waals surface area contributed by atoms with Crippen LogP contribution < -0.4 is 5.32 Å². The fraction of sp³-hybridized carbons (Fsp3) is 1.00. The van der Waals surface area contributed by atoms with Crippen molar-refractivity contribution in [3.8, 4) is 0 Å². The number of aliphatic hydroxyl groups excluding tert-OH is 1. The third-order valence-corrected chi connectivity index (χ3v) is 3.49. The third-order valence-electron chi connectivity index (χ3n) is 3.49. The summed E-state index contributed by atoms with van der Waals surface area (Å²) in [6.07, 6.45) is 3.56. The van der Waals surface area contributed by atoms with E-state index < -0.39 is 11.7 Å². The number of ether oxygens (including phenoxy) is 1. The lowest BCUT2D eigenvalue weighted by Gasteiger charge is -2.37. The molecular formula is C14H29NO3. The summed E-state index contributed by atoms with van der Waals surface area (Å²) >= 11 is 0. The second-order valence-electron chi connectivity index (χ2n) is 6.14. The van der Waals surface area contributed by atoms with Crippen LogP contribution in [0, 0.1) is 5.92 Å². The van der Waals surface area contributed by atoms with E-state index in [0.717, 1.165) is 25.7 Å². The van der Waals surface area contributed by atoms with Gasteiger partial charge in [0.1, 0.15) is 0 Å². The van der Waals surface area contributed by atoms with Crippen molar-refractivity contribution in [3.63, 3.8) is 0 Å². The Hall–Kier alpha value is -0.160. The van der Waals surface area contributed by atoms with Crippen molar-refractivity contribution < 1.29 is 14.9 Å². The average Bonchev–Trinajstić information content (AvgIpc) is 2.23. The lowest BCUT2D eigenvalue weighted by molar-refractivity contribution is -0.0382. The molecule has 1 rings (SSSR count). The van der Waals surface area contributed by atoms with Crippen molar-refractivity contribution in [2.45, 2.75) is 64.3 Å². The molecule has 0 aromatic carbocycles. The van der Waals surface area contributed by atoms with Gasteiger partial charge in [-0.15, -0.1) is 0 Å². The van der Waals surface area contributed by atoms with Crippen LogP contribution in [-0.4, -0.2) is 47.7 Å². The van der Waals surface area contributed by atoms with E-state index in [1.807, 2.05) is 6.92 Å². The quantitative estimate of drug-likeness (QED) is 0.584. The molecule has 0 radical (unpaired) electrons. The van der Waals surface area contributed by atoms with Gasteiger partial charge in [-0.3, -0.25) is 0 Å². The molecule has 18 heavy (non-hydrogen) atoms. The van der Waals surface area contributed by atoms with Crippen LogP contribution in [0.1, 0.15) is 46.5 Å². The molecule has 108 valence electrons. The fourth-order valence-corrected chi connectivity index (χ4v) is 2.30. The smallest absolute Gasteiger partial charge is 0.0897 e. The largest absolute Gasteiger partial charge is 0.389 e. The van der Waals surface area contributed by atoms with Crippen molar-refractivity contribution >= 4 is 0 Å². The van der Waals surface area contributed by atoms with Gasteiger partial charge in [0.25, 0.3) is 0 Å². The minimum Gasteiger partial charge on any atom is -0.389 e. The first kappa shape index (κ1) is 15.9. The summed E-state index contributed by atoms with van der Waals surface area (Å²) in [4.78, 5) is 0. The summed E-state index contributed by atoms with van der Waals surface area (Å²) in [5.74, 6) is 0.614. The third kappa shape index (κ3) is 6.14. The van der Waals surface area contributed by atoms with E-state index in [9.17, 15) is 10.2 Å². The van der Waals surface area contributed by atoms with E-state index in [1.54, 1.807) is 0 Å². The molecule has 0 amide bonds. The molecule has 0 aromatic rings. The first-order chi connectivity index (χ1) is 8.41. The highest BCUT2D eigenvalue weighted by Crippen LogP contribution is 2.30. The Morgan fingerprint density at radius 2 is 1.94 bits per heavy atom. The Labute approximate surface area is 111 Å². The molecule has 0 saturated heterocycles. The molecule has 0 spiro atoms. The molecule has 1 aliphatic carbocycles. The second kappa shape index (κ2) is 7.43. The highest BCUT2D eigenvalue weighted by molar-refractivity contribution is 4.89. The molecule has 4 heteroatoms. The molecule has 1 fully saturated rings. The molecule has 0 bridgehead atoms. The van der Waals surface area contributed by atoms with Crippen LogP contribution in [-0.2, 0) is 4.74 Å². The second-order valence-corrected chi connectivity index (χ2v) is 6.14. The van der Waals surface area contributed by atoms with Crippen LogP contribution in [0.15, 0.2) is 0 Å². The normalized spacial score (nSPS) is 21.7. The van der Waals surface area contributed by atoms with Crippen molar-refractivity contribution in [1.29, 1.82) is 0 Å². The average molecular weight is 259 g/mol. The maximum absolute atomic E-state index is 9.86. The zero-order valence-corrected chi connectivity index (χ0v) is 12.0. The standard InChI is InChI=1S/C14H29NO3/c1-11(2)7-12(3)18-9-13(16)8-15-10-14(17)5-4-6-14/h11-13,15-17H,4-10H2,1-3H3. The number of hydrogen-bond acceptors (Lipinski definition) is 4. The summed E-state index contributed by atoms with van der Waals surface area (Å²) in [6.45, 7) is 7.78. The predicted molar refractivity (Wildman–Crippen MR) is 72.5 cm³/mol. The Balaban J connectivity index is 2.01. The summed E-state index contributed by atoms with van der Waals surface area (Å²) in [5, 5.41) is 22.7. The van der Waals surface area contributed by atoms with Gasteiger partial charge in [-0.25, -0.2) is 0 Å². The van der Waals surface area contributed by atoms with Gasteiger partial charge < -0.3 is 20.3 Å². The fourth-order valence-electron chi connectivity index (χ4n) is 2.30. The highest BCUT2D eigenvalue weighted by Gasteiger charge is 2.33. The van der Waals surface area contributed by atoms with Crippen LogP contribution in [0.3, 0.4) is 0 Å². The molecule has 4 nitrogen and oxygen atoms in total. The van der Waals surface area contributed by atoms with Gasteiger partial charge >= 0.3 is 0 Å². The van der Waals surface area contributed by atoms with Gasteiger partial charge in [0.2, 0.25) is 0 Å². The maximum Gasteiger partial charge on any atom is 0.0897 e. The summed E-state index contributed by atoms with van der Waals surface area (Å²) in [5.41, 5.74) is -0.522. The zero-order chi connectivity index (χ0) is 13.6. The van der Waals surface area contributed by atoms with Gasteiger partial charge in [0.15, 0.2) is 0 Å². The molecule has 2 unspecified atom stereocenters. The van der Waals surface area contributed by atoms with Crippen LogP contribution in [0.5, 0.6) is 0 Å². The minimum atomic E-state index is -0.522. The van der Waals surface area contributed by atoms with Gasteiger partial charge in [-0.2, -0.15) is 0 Å².